The Morgan fingerprint density at radius 2 is 1.47 bits per heavy atom. The second-order valence-electron chi connectivity index (χ2n) is 7.08. The summed E-state index contributed by atoms with van der Waals surface area (Å²) >= 11 is 0. The summed E-state index contributed by atoms with van der Waals surface area (Å²) in [7, 11) is 0. The molecule has 1 aromatic heterocycles. The van der Waals surface area contributed by atoms with Gasteiger partial charge in [0.15, 0.2) is 0 Å². The second-order valence-corrected chi connectivity index (χ2v) is 7.08. The van der Waals surface area contributed by atoms with Crippen molar-refractivity contribution in [2.24, 2.45) is 0 Å². The number of aromatic nitrogens is 1. The Bertz CT molecular complexity index is 1180. The third kappa shape index (κ3) is 4.79. The van der Waals surface area contributed by atoms with Gasteiger partial charge in [-0.05, 0) is 47.5 Å². The van der Waals surface area contributed by atoms with Crippen LogP contribution < -0.4 is 10.6 Å². The van der Waals surface area contributed by atoms with Crippen molar-refractivity contribution in [2.45, 2.75) is 6.04 Å². The van der Waals surface area contributed by atoms with Crippen LogP contribution >= 0.6 is 0 Å². The molecule has 4 aromatic rings. The fourth-order valence-corrected chi connectivity index (χ4v) is 3.38. The van der Waals surface area contributed by atoms with E-state index in [1.54, 1.807) is 24.5 Å². The zero-order chi connectivity index (χ0) is 22.3. The van der Waals surface area contributed by atoms with Crippen LogP contribution in [0.15, 0.2) is 103 Å². The Labute approximate surface area is 184 Å². The molecule has 0 saturated carbocycles. The van der Waals surface area contributed by atoms with Crippen LogP contribution in [-0.2, 0) is 0 Å². The van der Waals surface area contributed by atoms with Gasteiger partial charge in [0.25, 0.3) is 11.6 Å². The Balaban J connectivity index is 1.63. The van der Waals surface area contributed by atoms with Crippen molar-refractivity contribution >= 4 is 23.0 Å². The number of carbonyl (C=O) groups is 1. The first-order valence-electron chi connectivity index (χ1n) is 9.98. The van der Waals surface area contributed by atoms with Crippen molar-refractivity contribution in [1.29, 1.82) is 0 Å². The number of benzene rings is 3. The number of hydrogen-bond acceptors (Lipinski definition) is 5. The van der Waals surface area contributed by atoms with E-state index in [0.29, 0.717) is 5.69 Å². The van der Waals surface area contributed by atoms with Crippen molar-refractivity contribution in [3.05, 3.63) is 130 Å². The minimum Gasteiger partial charge on any atom is -0.350 e. The molecule has 7 heteroatoms. The maximum atomic E-state index is 13.1. The number of rotatable bonds is 7. The number of pyridine rings is 1. The van der Waals surface area contributed by atoms with Crippen LogP contribution in [-0.4, -0.2) is 15.8 Å². The number of nitro groups is 1. The van der Waals surface area contributed by atoms with Gasteiger partial charge in [0, 0.05) is 29.7 Å². The second kappa shape index (κ2) is 9.53. The van der Waals surface area contributed by atoms with E-state index >= 15 is 0 Å². The Morgan fingerprint density at radius 1 is 0.844 bits per heavy atom. The van der Waals surface area contributed by atoms with Crippen molar-refractivity contribution in [3.63, 3.8) is 0 Å². The summed E-state index contributed by atoms with van der Waals surface area (Å²) in [5.41, 5.74) is 2.80. The molecule has 1 heterocycles. The molecular weight excluding hydrogens is 404 g/mol. The number of nitrogens with zero attached hydrogens (tertiary/aromatic N) is 2. The molecule has 0 aliphatic heterocycles. The number of nitro benzene ring substituents is 1. The SMILES string of the molecule is O=C(NC(c1ccccc1)c1ccncc1)c1ccc(Nc2ccccc2)c([N+](=O)[O-])c1. The molecule has 1 atom stereocenters. The highest BCUT2D eigenvalue weighted by atomic mass is 16.6. The van der Waals surface area contributed by atoms with E-state index in [9.17, 15) is 14.9 Å². The lowest BCUT2D eigenvalue weighted by atomic mass is 9.99. The topological polar surface area (TPSA) is 97.2 Å². The van der Waals surface area contributed by atoms with E-state index in [0.717, 1.165) is 16.8 Å². The fourth-order valence-electron chi connectivity index (χ4n) is 3.38. The predicted octanol–water partition coefficient (Wildman–Crippen LogP) is 5.25. The molecule has 3 aromatic carbocycles. The van der Waals surface area contributed by atoms with Gasteiger partial charge in [-0.25, -0.2) is 0 Å². The monoisotopic (exact) mass is 424 g/mol. The lowest BCUT2D eigenvalue weighted by Gasteiger charge is -2.20. The van der Waals surface area contributed by atoms with Gasteiger partial charge in [-0.15, -0.1) is 0 Å². The van der Waals surface area contributed by atoms with Crippen LogP contribution in [0.25, 0.3) is 0 Å². The quantitative estimate of drug-likeness (QED) is 0.312. The number of para-hydroxylation sites is 1. The molecule has 0 fully saturated rings. The molecular formula is C25H20N4O3. The van der Waals surface area contributed by atoms with Crippen molar-refractivity contribution in [1.82, 2.24) is 10.3 Å². The van der Waals surface area contributed by atoms with E-state index in [-0.39, 0.29) is 11.3 Å². The zero-order valence-corrected chi connectivity index (χ0v) is 17.0. The average molecular weight is 424 g/mol. The van der Waals surface area contributed by atoms with E-state index in [2.05, 4.69) is 15.6 Å². The predicted molar refractivity (Wildman–Crippen MR) is 123 cm³/mol. The van der Waals surface area contributed by atoms with Gasteiger partial charge in [-0.3, -0.25) is 19.9 Å². The summed E-state index contributed by atoms with van der Waals surface area (Å²) in [6.45, 7) is 0. The van der Waals surface area contributed by atoms with Crippen molar-refractivity contribution < 1.29 is 9.72 Å². The third-order valence-electron chi connectivity index (χ3n) is 4.96. The van der Waals surface area contributed by atoms with E-state index in [1.807, 2.05) is 72.8 Å². The highest BCUT2D eigenvalue weighted by molar-refractivity contribution is 5.96. The molecule has 1 amide bonds. The summed E-state index contributed by atoms with van der Waals surface area (Å²) in [5.74, 6) is -0.412. The molecule has 2 N–H and O–H groups in total. The molecule has 0 saturated heterocycles. The Kier molecular flexibility index (Phi) is 6.17. The number of amides is 1. The molecule has 0 radical (unpaired) electrons. The van der Waals surface area contributed by atoms with E-state index in [4.69, 9.17) is 0 Å². The highest BCUT2D eigenvalue weighted by Crippen LogP contribution is 2.29. The van der Waals surface area contributed by atoms with Gasteiger partial charge in [-0.1, -0.05) is 48.5 Å². The smallest absolute Gasteiger partial charge is 0.293 e. The van der Waals surface area contributed by atoms with Gasteiger partial charge < -0.3 is 10.6 Å². The number of nitrogens with one attached hydrogen (secondary N) is 2. The maximum Gasteiger partial charge on any atom is 0.293 e. The lowest BCUT2D eigenvalue weighted by Crippen LogP contribution is -2.29. The third-order valence-corrected chi connectivity index (χ3v) is 4.96. The summed E-state index contributed by atoms with van der Waals surface area (Å²) in [5, 5.41) is 17.7. The standard InChI is InChI=1S/C25H20N4O3/c30-25(28-24(18-7-3-1-4-8-18)19-13-15-26-16-14-19)20-11-12-22(23(17-20)29(31)32)27-21-9-5-2-6-10-21/h1-17,24,27H,(H,28,30). The maximum absolute atomic E-state index is 13.1. The van der Waals surface area contributed by atoms with Gasteiger partial charge >= 0.3 is 0 Å². The zero-order valence-electron chi connectivity index (χ0n) is 17.0. The summed E-state index contributed by atoms with van der Waals surface area (Å²) in [6, 6.07) is 26.3. The summed E-state index contributed by atoms with van der Waals surface area (Å²) in [4.78, 5) is 28.3. The van der Waals surface area contributed by atoms with Crippen LogP contribution in [0, 0.1) is 10.1 Å². The Hall–Kier alpha value is -4.52. The van der Waals surface area contributed by atoms with Gasteiger partial charge in [0.05, 0.1) is 11.0 Å². The largest absolute Gasteiger partial charge is 0.350 e. The molecule has 158 valence electrons. The van der Waals surface area contributed by atoms with Crippen LogP contribution in [0.1, 0.15) is 27.5 Å². The molecule has 0 aliphatic carbocycles. The first-order valence-corrected chi connectivity index (χ1v) is 9.98. The molecule has 1 unspecified atom stereocenters. The molecule has 0 spiro atoms. The van der Waals surface area contributed by atoms with Crippen molar-refractivity contribution in [3.8, 4) is 0 Å². The van der Waals surface area contributed by atoms with Gasteiger partial charge in [0.1, 0.15) is 5.69 Å². The minimum atomic E-state index is -0.500. The van der Waals surface area contributed by atoms with Gasteiger partial charge in [0.2, 0.25) is 0 Å². The van der Waals surface area contributed by atoms with Crippen LogP contribution in [0.2, 0.25) is 0 Å². The average Bonchev–Trinajstić information content (AvgIpc) is 2.84. The van der Waals surface area contributed by atoms with Crippen LogP contribution in [0.5, 0.6) is 0 Å². The van der Waals surface area contributed by atoms with E-state index < -0.39 is 16.9 Å². The molecule has 0 aliphatic rings. The fraction of sp³-hybridized carbons (Fsp3) is 0.0400. The van der Waals surface area contributed by atoms with Crippen LogP contribution in [0.3, 0.4) is 0 Å². The highest BCUT2D eigenvalue weighted by Gasteiger charge is 2.21. The Morgan fingerprint density at radius 3 is 2.12 bits per heavy atom. The number of hydrogen-bond donors (Lipinski definition) is 2. The summed E-state index contributed by atoms with van der Waals surface area (Å²) in [6.07, 6.45) is 3.32. The van der Waals surface area contributed by atoms with Crippen molar-refractivity contribution in [2.75, 3.05) is 5.32 Å². The molecule has 4 rings (SSSR count). The van der Waals surface area contributed by atoms with E-state index in [1.165, 1.54) is 6.07 Å². The molecule has 32 heavy (non-hydrogen) atoms. The molecule has 7 nitrogen and oxygen atoms in total. The van der Waals surface area contributed by atoms with Gasteiger partial charge in [-0.2, -0.15) is 0 Å². The summed E-state index contributed by atoms with van der Waals surface area (Å²) < 4.78 is 0. The first-order chi connectivity index (χ1) is 15.6. The van der Waals surface area contributed by atoms with Crippen LogP contribution in [0.4, 0.5) is 17.1 Å². The minimum absolute atomic E-state index is 0.179. The normalized spacial score (nSPS) is 11.4. The lowest BCUT2D eigenvalue weighted by molar-refractivity contribution is -0.383. The molecule has 0 bridgehead atoms. The number of carbonyl (C=O) groups excluding carboxylic acids is 1. The first kappa shape index (κ1) is 20.7. The number of anilines is 2.